The van der Waals surface area contributed by atoms with Gasteiger partial charge in [0.15, 0.2) is 0 Å². The van der Waals surface area contributed by atoms with Crippen molar-refractivity contribution in [3.8, 4) is 11.1 Å². The Kier molecular flexibility index (Phi) is 5.59. The van der Waals surface area contributed by atoms with E-state index in [0.29, 0.717) is 17.9 Å². The molecule has 0 spiro atoms. The van der Waals surface area contributed by atoms with E-state index < -0.39 is 0 Å². The molecule has 0 bridgehead atoms. The molecule has 0 atom stereocenters. The fraction of sp³-hybridized carbons (Fsp3) is 0.227. The summed E-state index contributed by atoms with van der Waals surface area (Å²) in [5.41, 5.74) is 3.77. The Morgan fingerprint density at radius 2 is 1.75 bits per heavy atom. The van der Waals surface area contributed by atoms with Crippen molar-refractivity contribution in [1.82, 2.24) is 15.2 Å². The van der Waals surface area contributed by atoms with Gasteiger partial charge in [0.2, 0.25) is 0 Å². The molecule has 2 aromatic carbocycles. The molecule has 6 heteroatoms. The lowest BCUT2D eigenvalue weighted by atomic mass is 9.96. The van der Waals surface area contributed by atoms with Crippen LogP contribution in [0.25, 0.3) is 21.9 Å². The number of aryl methyl sites for hydroxylation is 1. The Bertz CT molecular complexity index is 1030. The van der Waals surface area contributed by atoms with Crippen LogP contribution in [0.4, 0.5) is 10.6 Å². The third-order valence-electron chi connectivity index (χ3n) is 4.55. The monoisotopic (exact) mass is 376 g/mol. The molecule has 0 aliphatic carbocycles. The van der Waals surface area contributed by atoms with Crippen LogP contribution in [-0.4, -0.2) is 42.5 Å². The van der Waals surface area contributed by atoms with Crippen LogP contribution in [0.5, 0.6) is 0 Å². The number of amides is 3. The topological polar surface area (TPSA) is 74.3 Å². The van der Waals surface area contributed by atoms with Crippen molar-refractivity contribution in [3.63, 3.8) is 0 Å². The number of aromatic nitrogens is 1. The average Bonchev–Trinajstić information content (AvgIpc) is 2.68. The minimum Gasteiger partial charge on any atom is -0.345 e. The maximum absolute atomic E-state index is 12.1. The fourth-order valence-electron chi connectivity index (χ4n) is 3.07. The quantitative estimate of drug-likeness (QED) is 0.721. The maximum atomic E-state index is 12.1. The molecule has 144 valence electrons. The molecule has 6 nitrogen and oxygen atoms in total. The molecule has 0 saturated heterocycles. The summed E-state index contributed by atoms with van der Waals surface area (Å²) in [5.74, 6) is 0.461. The van der Waals surface area contributed by atoms with Crippen molar-refractivity contribution >= 4 is 28.5 Å². The van der Waals surface area contributed by atoms with Crippen molar-refractivity contribution < 1.29 is 9.59 Å². The molecule has 3 amide bonds. The first-order valence-electron chi connectivity index (χ1n) is 9.17. The second-order valence-corrected chi connectivity index (χ2v) is 6.81. The summed E-state index contributed by atoms with van der Waals surface area (Å²) in [4.78, 5) is 29.9. The minimum atomic E-state index is -0.282. The smallest absolute Gasteiger partial charge is 0.320 e. The van der Waals surface area contributed by atoms with Crippen LogP contribution in [0.1, 0.15) is 22.8 Å². The molecule has 3 aromatic rings. The highest BCUT2D eigenvalue weighted by molar-refractivity contribution is 6.01. The molecule has 1 heterocycles. The Hall–Kier alpha value is -3.41. The van der Waals surface area contributed by atoms with Gasteiger partial charge in [0.05, 0.1) is 0 Å². The van der Waals surface area contributed by atoms with Gasteiger partial charge in [-0.3, -0.25) is 10.1 Å². The predicted octanol–water partition coefficient (Wildman–Crippen LogP) is 4.05. The molecular formula is C22H24N4O2. The fourth-order valence-corrected chi connectivity index (χ4v) is 3.07. The van der Waals surface area contributed by atoms with Gasteiger partial charge in [-0.05, 0) is 54.1 Å². The highest BCUT2D eigenvalue weighted by Gasteiger charge is 2.11. The van der Waals surface area contributed by atoms with E-state index in [1.54, 1.807) is 25.2 Å². The first-order chi connectivity index (χ1) is 13.4. The van der Waals surface area contributed by atoms with E-state index in [-0.39, 0.29) is 11.9 Å². The Labute approximate surface area is 164 Å². The summed E-state index contributed by atoms with van der Waals surface area (Å²) in [6, 6.07) is 13.2. The lowest BCUT2D eigenvalue weighted by Crippen LogP contribution is -2.28. The predicted molar refractivity (Wildman–Crippen MR) is 113 cm³/mol. The Morgan fingerprint density at radius 1 is 1.04 bits per heavy atom. The van der Waals surface area contributed by atoms with Crippen LogP contribution in [0, 0.1) is 6.92 Å². The first-order valence-corrected chi connectivity index (χ1v) is 9.17. The van der Waals surface area contributed by atoms with E-state index in [2.05, 4.69) is 27.8 Å². The molecule has 0 fully saturated rings. The van der Waals surface area contributed by atoms with E-state index in [1.807, 2.05) is 44.2 Å². The van der Waals surface area contributed by atoms with Crippen molar-refractivity contribution in [2.75, 3.05) is 26.0 Å². The van der Waals surface area contributed by atoms with Crippen LogP contribution >= 0.6 is 0 Å². The van der Waals surface area contributed by atoms with E-state index in [1.165, 1.54) is 0 Å². The van der Waals surface area contributed by atoms with Gasteiger partial charge in [0.1, 0.15) is 5.82 Å². The van der Waals surface area contributed by atoms with Gasteiger partial charge in [-0.1, -0.05) is 24.3 Å². The summed E-state index contributed by atoms with van der Waals surface area (Å²) in [6.07, 6.45) is 1.78. The maximum Gasteiger partial charge on any atom is 0.320 e. The molecule has 0 saturated carbocycles. The largest absolute Gasteiger partial charge is 0.345 e. The standard InChI is InChI=1S/C22H24N4O2/c1-5-23-22(28)25-20-12-18-17(11-6-14(2)19(18)13-24-20)15-7-9-16(10-8-15)21(27)26(3)4/h6-13H,5H2,1-4H3,(H2,23,24,25,28). The Balaban J connectivity index is 2.04. The van der Waals surface area contributed by atoms with Gasteiger partial charge in [0, 0.05) is 37.8 Å². The number of hydrogen-bond donors (Lipinski definition) is 2. The van der Waals surface area contributed by atoms with E-state index in [0.717, 1.165) is 27.5 Å². The highest BCUT2D eigenvalue weighted by Crippen LogP contribution is 2.32. The molecule has 2 N–H and O–H groups in total. The summed E-state index contributed by atoms with van der Waals surface area (Å²) in [6.45, 7) is 4.44. The number of rotatable bonds is 4. The van der Waals surface area contributed by atoms with E-state index in [9.17, 15) is 9.59 Å². The van der Waals surface area contributed by atoms with Gasteiger partial charge < -0.3 is 10.2 Å². The lowest BCUT2D eigenvalue weighted by Gasteiger charge is -2.13. The zero-order valence-electron chi connectivity index (χ0n) is 16.5. The molecule has 0 aliphatic rings. The number of carbonyl (C=O) groups excluding carboxylic acids is 2. The van der Waals surface area contributed by atoms with Gasteiger partial charge in [0.25, 0.3) is 5.91 Å². The van der Waals surface area contributed by atoms with Crippen LogP contribution in [0.3, 0.4) is 0 Å². The number of carbonyl (C=O) groups is 2. The van der Waals surface area contributed by atoms with Crippen LogP contribution in [0.2, 0.25) is 0 Å². The molecule has 3 rings (SSSR count). The van der Waals surface area contributed by atoms with Crippen LogP contribution < -0.4 is 10.6 Å². The van der Waals surface area contributed by atoms with Crippen LogP contribution in [0.15, 0.2) is 48.7 Å². The first kappa shape index (κ1) is 19.4. The van der Waals surface area contributed by atoms with E-state index >= 15 is 0 Å². The van der Waals surface area contributed by atoms with Gasteiger partial charge in [-0.15, -0.1) is 0 Å². The molecule has 28 heavy (non-hydrogen) atoms. The molecule has 0 unspecified atom stereocenters. The Morgan fingerprint density at radius 3 is 2.39 bits per heavy atom. The van der Waals surface area contributed by atoms with Crippen molar-refractivity contribution in [2.24, 2.45) is 0 Å². The third-order valence-corrected chi connectivity index (χ3v) is 4.55. The third kappa shape index (κ3) is 3.96. The number of nitrogens with one attached hydrogen (secondary N) is 2. The number of anilines is 1. The second-order valence-electron chi connectivity index (χ2n) is 6.81. The zero-order chi connectivity index (χ0) is 20.3. The normalized spacial score (nSPS) is 10.6. The molecular weight excluding hydrogens is 352 g/mol. The van der Waals surface area contributed by atoms with Gasteiger partial charge in [-0.2, -0.15) is 0 Å². The lowest BCUT2D eigenvalue weighted by molar-refractivity contribution is 0.0827. The summed E-state index contributed by atoms with van der Waals surface area (Å²) >= 11 is 0. The summed E-state index contributed by atoms with van der Waals surface area (Å²) < 4.78 is 0. The van der Waals surface area contributed by atoms with Gasteiger partial charge in [-0.25, -0.2) is 9.78 Å². The number of benzene rings is 2. The number of fused-ring (bicyclic) bond motifs is 1. The molecule has 0 aliphatic heterocycles. The van der Waals surface area contributed by atoms with Crippen molar-refractivity contribution in [1.29, 1.82) is 0 Å². The summed E-state index contributed by atoms with van der Waals surface area (Å²) in [7, 11) is 3.47. The van der Waals surface area contributed by atoms with Crippen molar-refractivity contribution in [3.05, 3.63) is 59.8 Å². The summed E-state index contributed by atoms with van der Waals surface area (Å²) in [5, 5.41) is 7.47. The number of urea groups is 1. The van der Waals surface area contributed by atoms with Gasteiger partial charge >= 0.3 is 6.03 Å². The number of nitrogens with zero attached hydrogens (tertiary/aromatic N) is 2. The molecule has 0 radical (unpaired) electrons. The van der Waals surface area contributed by atoms with E-state index in [4.69, 9.17) is 0 Å². The minimum absolute atomic E-state index is 0.0297. The SMILES string of the molecule is CCNC(=O)Nc1cc2c(-c3ccc(C(=O)N(C)C)cc3)ccc(C)c2cn1. The number of hydrogen-bond acceptors (Lipinski definition) is 3. The molecule has 1 aromatic heterocycles. The number of pyridine rings is 1. The second kappa shape index (κ2) is 8.08. The van der Waals surface area contributed by atoms with Crippen molar-refractivity contribution in [2.45, 2.75) is 13.8 Å². The zero-order valence-corrected chi connectivity index (χ0v) is 16.5. The average molecular weight is 376 g/mol. The van der Waals surface area contributed by atoms with Crippen LogP contribution in [-0.2, 0) is 0 Å². The highest BCUT2D eigenvalue weighted by atomic mass is 16.2.